The lowest BCUT2D eigenvalue weighted by atomic mass is 9.96. The highest BCUT2D eigenvalue weighted by Gasteiger charge is 2.29. The fraction of sp³-hybridized carbons (Fsp3) is 0.364. The molecule has 3 rings (SSSR count). The molecule has 2 aromatic rings. The summed E-state index contributed by atoms with van der Waals surface area (Å²) in [7, 11) is 0. The quantitative estimate of drug-likeness (QED) is 0.672. The van der Waals surface area contributed by atoms with E-state index in [1.807, 2.05) is 6.92 Å². The van der Waals surface area contributed by atoms with Gasteiger partial charge in [0.1, 0.15) is 5.75 Å². The molecule has 2 aromatic carbocycles. The molecule has 1 heterocycles. The Labute approximate surface area is 180 Å². The van der Waals surface area contributed by atoms with Gasteiger partial charge >= 0.3 is 0 Å². The third kappa shape index (κ3) is 5.64. The van der Waals surface area contributed by atoms with Crippen LogP contribution < -0.4 is 10.1 Å². The molecule has 154 valence electrons. The summed E-state index contributed by atoms with van der Waals surface area (Å²) in [6.07, 6.45) is 2.36. The van der Waals surface area contributed by atoms with E-state index in [1.54, 1.807) is 47.4 Å². The number of nitrogens with zero attached hydrogens (tertiary/aromatic N) is 1. The summed E-state index contributed by atoms with van der Waals surface area (Å²) < 4.78 is 5.71. The van der Waals surface area contributed by atoms with Crippen molar-refractivity contribution >= 4 is 40.7 Å². The molecule has 0 spiro atoms. The maximum atomic E-state index is 12.9. The molecule has 0 bridgehead atoms. The van der Waals surface area contributed by atoms with Crippen molar-refractivity contribution in [2.45, 2.75) is 26.2 Å². The zero-order chi connectivity index (χ0) is 20.8. The van der Waals surface area contributed by atoms with Gasteiger partial charge in [-0.2, -0.15) is 0 Å². The van der Waals surface area contributed by atoms with Crippen molar-refractivity contribution in [3.8, 4) is 5.75 Å². The number of likely N-dealkylation sites (tertiary alicyclic amines) is 1. The predicted molar refractivity (Wildman–Crippen MR) is 116 cm³/mol. The summed E-state index contributed by atoms with van der Waals surface area (Å²) >= 11 is 12.0. The second-order valence-corrected chi connectivity index (χ2v) is 7.95. The Bertz CT molecular complexity index is 871. The van der Waals surface area contributed by atoms with Gasteiger partial charge in [-0.25, -0.2) is 0 Å². The summed E-state index contributed by atoms with van der Waals surface area (Å²) in [6, 6.07) is 12.0. The number of ether oxygens (including phenoxy) is 1. The number of halogens is 2. The average molecular weight is 435 g/mol. The van der Waals surface area contributed by atoms with Crippen LogP contribution in [0.5, 0.6) is 5.75 Å². The first-order valence-electron chi connectivity index (χ1n) is 9.76. The second-order valence-electron chi connectivity index (χ2n) is 7.08. The van der Waals surface area contributed by atoms with Gasteiger partial charge in [0, 0.05) is 28.7 Å². The van der Waals surface area contributed by atoms with Crippen molar-refractivity contribution in [1.29, 1.82) is 0 Å². The number of hydrogen-bond acceptors (Lipinski definition) is 3. The second kappa shape index (κ2) is 9.99. The minimum atomic E-state index is -0.294. The van der Waals surface area contributed by atoms with Gasteiger partial charge in [-0.3, -0.25) is 9.59 Å². The molecule has 0 radical (unpaired) electrons. The number of piperidine rings is 1. The zero-order valence-electron chi connectivity index (χ0n) is 16.3. The fourth-order valence-corrected chi connectivity index (χ4v) is 3.62. The average Bonchev–Trinajstić information content (AvgIpc) is 2.73. The third-order valence-corrected chi connectivity index (χ3v) is 5.32. The van der Waals surface area contributed by atoms with E-state index in [2.05, 4.69) is 5.32 Å². The molecule has 29 heavy (non-hydrogen) atoms. The van der Waals surface area contributed by atoms with Crippen LogP contribution in [0.15, 0.2) is 42.5 Å². The van der Waals surface area contributed by atoms with Crippen LogP contribution in [0.3, 0.4) is 0 Å². The Morgan fingerprint density at radius 2 is 1.86 bits per heavy atom. The maximum Gasteiger partial charge on any atom is 0.253 e. The van der Waals surface area contributed by atoms with E-state index < -0.39 is 0 Å². The molecule has 1 saturated heterocycles. The molecule has 1 aliphatic heterocycles. The first kappa shape index (κ1) is 21.5. The lowest BCUT2D eigenvalue weighted by Crippen LogP contribution is -2.43. The van der Waals surface area contributed by atoms with Gasteiger partial charge in [-0.15, -0.1) is 0 Å². The van der Waals surface area contributed by atoms with Gasteiger partial charge in [0.2, 0.25) is 5.91 Å². The van der Waals surface area contributed by atoms with Crippen LogP contribution >= 0.6 is 23.2 Å². The van der Waals surface area contributed by atoms with Crippen molar-refractivity contribution < 1.29 is 14.3 Å². The van der Waals surface area contributed by atoms with Crippen LogP contribution in [0.1, 0.15) is 36.5 Å². The monoisotopic (exact) mass is 434 g/mol. The Morgan fingerprint density at radius 3 is 2.59 bits per heavy atom. The molecule has 1 fully saturated rings. The van der Waals surface area contributed by atoms with E-state index >= 15 is 0 Å². The van der Waals surface area contributed by atoms with E-state index in [4.69, 9.17) is 27.9 Å². The van der Waals surface area contributed by atoms with Crippen molar-refractivity contribution in [3.63, 3.8) is 0 Å². The largest absolute Gasteiger partial charge is 0.491 e. The van der Waals surface area contributed by atoms with Crippen molar-refractivity contribution in [2.75, 3.05) is 25.0 Å². The summed E-state index contributed by atoms with van der Waals surface area (Å²) in [4.78, 5) is 27.4. The van der Waals surface area contributed by atoms with Crippen molar-refractivity contribution in [2.24, 2.45) is 5.92 Å². The lowest BCUT2D eigenvalue weighted by Gasteiger charge is -2.32. The van der Waals surface area contributed by atoms with Crippen LogP contribution in [-0.4, -0.2) is 36.4 Å². The van der Waals surface area contributed by atoms with Crippen molar-refractivity contribution in [1.82, 2.24) is 4.90 Å². The molecular formula is C22H24Cl2N2O3. The topological polar surface area (TPSA) is 58.6 Å². The Balaban J connectivity index is 1.68. The summed E-state index contributed by atoms with van der Waals surface area (Å²) in [6.45, 7) is 3.58. The number of amides is 2. The van der Waals surface area contributed by atoms with E-state index in [9.17, 15) is 9.59 Å². The molecule has 1 aliphatic rings. The lowest BCUT2D eigenvalue weighted by molar-refractivity contribution is -0.121. The van der Waals surface area contributed by atoms with E-state index in [-0.39, 0.29) is 17.7 Å². The smallest absolute Gasteiger partial charge is 0.253 e. The molecular weight excluding hydrogens is 411 g/mol. The SMILES string of the molecule is CCCOc1ccc(Cl)cc1NC(=O)C1CCCN(C(=O)c2ccc(Cl)cc2)C1. The number of carbonyl (C=O) groups is 2. The Hall–Kier alpha value is -2.24. The third-order valence-electron chi connectivity index (χ3n) is 4.83. The number of carbonyl (C=O) groups excluding carboxylic acids is 2. The minimum Gasteiger partial charge on any atom is -0.491 e. The van der Waals surface area contributed by atoms with Gasteiger partial charge in [-0.05, 0) is 61.7 Å². The van der Waals surface area contributed by atoms with E-state index in [0.29, 0.717) is 46.7 Å². The molecule has 2 amide bonds. The molecule has 7 heteroatoms. The van der Waals surface area contributed by atoms with Gasteiger partial charge < -0.3 is 15.0 Å². The number of anilines is 1. The van der Waals surface area contributed by atoms with E-state index in [1.165, 1.54) is 0 Å². The molecule has 5 nitrogen and oxygen atoms in total. The van der Waals surface area contributed by atoms with Crippen LogP contribution in [-0.2, 0) is 4.79 Å². The zero-order valence-corrected chi connectivity index (χ0v) is 17.8. The van der Waals surface area contributed by atoms with Gasteiger partial charge in [0.25, 0.3) is 5.91 Å². The molecule has 1 atom stereocenters. The fourth-order valence-electron chi connectivity index (χ4n) is 3.32. The number of rotatable bonds is 6. The highest BCUT2D eigenvalue weighted by atomic mass is 35.5. The minimum absolute atomic E-state index is 0.0890. The maximum absolute atomic E-state index is 12.9. The van der Waals surface area contributed by atoms with E-state index in [0.717, 1.165) is 19.3 Å². The van der Waals surface area contributed by atoms with Crippen LogP contribution in [0, 0.1) is 5.92 Å². The first-order valence-corrected chi connectivity index (χ1v) is 10.5. The molecule has 0 aromatic heterocycles. The van der Waals surface area contributed by atoms with Crippen LogP contribution in [0.2, 0.25) is 10.0 Å². The number of nitrogens with one attached hydrogen (secondary N) is 1. The molecule has 0 saturated carbocycles. The summed E-state index contributed by atoms with van der Waals surface area (Å²) in [5.74, 6) is 0.0728. The Kier molecular flexibility index (Phi) is 7.40. The highest BCUT2D eigenvalue weighted by Crippen LogP contribution is 2.30. The standard InChI is InChI=1S/C22H24Cl2N2O3/c1-2-12-29-20-10-9-18(24)13-19(20)25-21(27)16-4-3-11-26(14-16)22(28)15-5-7-17(23)8-6-15/h5-10,13,16H,2-4,11-12,14H2,1H3,(H,25,27). The normalized spacial score (nSPS) is 16.4. The van der Waals surface area contributed by atoms with Gasteiger partial charge in [0.15, 0.2) is 0 Å². The summed E-state index contributed by atoms with van der Waals surface area (Å²) in [5.41, 5.74) is 1.12. The highest BCUT2D eigenvalue weighted by molar-refractivity contribution is 6.31. The Morgan fingerprint density at radius 1 is 1.14 bits per heavy atom. The van der Waals surface area contributed by atoms with Gasteiger partial charge in [0.05, 0.1) is 18.2 Å². The van der Waals surface area contributed by atoms with Crippen LogP contribution in [0.4, 0.5) is 5.69 Å². The first-order chi connectivity index (χ1) is 14.0. The molecule has 1 N–H and O–H groups in total. The molecule has 1 unspecified atom stereocenters. The van der Waals surface area contributed by atoms with Gasteiger partial charge in [-0.1, -0.05) is 30.1 Å². The van der Waals surface area contributed by atoms with Crippen molar-refractivity contribution in [3.05, 3.63) is 58.1 Å². The molecule has 0 aliphatic carbocycles. The van der Waals surface area contributed by atoms with Crippen LogP contribution in [0.25, 0.3) is 0 Å². The predicted octanol–water partition coefficient (Wildman–Crippen LogP) is 5.27. The number of benzene rings is 2. The number of hydrogen-bond donors (Lipinski definition) is 1. The summed E-state index contributed by atoms with van der Waals surface area (Å²) in [5, 5.41) is 4.04.